The first kappa shape index (κ1) is 27.3. The first-order valence-electron chi connectivity index (χ1n) is 11.8. The largest absolute Gasteiger partial charge is 0.416 e. The molecule has 0 radical (unpaired) electrons. The fourth-order valence-electron chi connectivity index (χ4n) is 4.81. The molecule has 0 aliphatic carbocycles. The van der Waals surface area contributed by atoms with Crippen molar-refractivity contribution in [1.82, 2.24) is 4.90 Å². The Bertz CT molecular complexity index is 1320. The van der Waals surface area contributed by atoms with Crippen molar-refractivity contribution in [3.63, 3.8) is 0 Å². The molecule has 200 valence electrons. The van der Waals surface area contributed by atoms with Gasteiger partial charge < -0.3 is 4.90 Å². The van der Waals surface area contributed by atoms with E-state index < -0.39 is 53.0 Å². The van der Waals surface area contributed by atoms with Crippen LogP contribution in [-0.4, -0.2) is 35.9 Å². The summed E-state index contributed by atoms with van der Waals surface area (Å²) in [7, 11) is 1.42. The molecule has 10 heteroatoms. The Kier molecular flexibility index (Phi) is 7.11. The minimum absolute atomic E-state index is 0.0531. The Morgan fingerprint density at radius 3 is 2.13 bits per heavy atom. The lowest BCUT2D eigenvalue weighted by Crippen LogP contribution is -2.47. The van der Waals surface area contributed by atoms with Gasteiger partial charge in [0.15, 0.2) is 5.78 Å². The van der Waals surface area contributed by atoms with E-state index in [4.69, 9.17) is 0 Å². The van der Waals surface area contributed by atoms with Crippen LogP contribution in [0.1, 0.15) is 34.7 Å². The van der Waals surface area contributed by atoms with E-state index in [1.165, 1.54) is 25.1 Å². The Morgan fingerprint density at radius 1 is 1.00 bits per heavy atom. The van der Waals surface area contributed by atoms with Gasteiger partial charge in [0.2, 0.25) is 0 Å². The molecule has 3 atom stereocenters. The first-order chi connectivity index (χ1) is 17.7. The van der Waals surface area contributed by atoms with Crippen molar-refractivity contribution < 1.29 is 35.9 Å². The van der Waals surface area contributed by atoms with Gasteiger partial charge in [0.05, 0.1) is 16.8 Å². The number of hydrogen-bond donors (Lipinski definition) is 0. The lowest BCUT2D eigenvalue weighted by Gasteiger charge is -2.38. The Balaban J connectivity index is 1.79. The van der Waals surface area contributed by atoms with Crippen LogP contribution in [0, 0.1) is 18.8 Å². The zero-order valence-electron chi connectivity index (χ0n) is 20.7. The molecule has 0 fully saturated rings. The monoisotopic (exact) mass is 534 g/mol. The van der Waals surface area contributed by atoms with Crippen molar-refractivity contribution in [2.75, 3.05) is 7.05 Å². The molecule has 0 saturated heterocycles. The normalized spacial score (nSPS) is 20.6. The molecule has 2 aliphatic rings. The van der Waals surface area contributed by atoms with Crippen LogP contribution >= 0.6 is 0 Å². The number of amides is 1. The van der Waals surface area contributed by atoms with Crippen LogP contribution in [0.15, 0.2) is 65.3 Å². The molecule has 0 saturated carbocycles. The molecule has 2 unspecified atom stereocenters. The molecule has 2 aromatic carbocycles. The molecule has 1 amide bonds. The van der Waals surface area contributed by atoms with Crippen molar-refractivity contribution in [2.45, 2.75) is 38.7 Å². The fourth-order valence-corrected chi connectivity index (χ4v) is 4.81. The number of halogens is 6. The number of nitrogens with zero attached hydrogens (tertiary/aromatic N) is 2. The third-order valence-electron chi connectivity index (χ3n) is 6.73. The summed E-state index contributed by atoms with van der Waals surface area (Å²) in [5, 5.41) is 0. The fraction of sp³-hybridized carbons (Fsp3) is 0.321. The number of benzene rings is 2. The third-order valence-corrected chi connectivity index (χ3v) is 6.73. The van der Waals surface area contributed by atoms with Crippen molar-refractivity contribution in [1.29, 1.82) is 0 Å². The molecule has 0 N–H and O–H groups in total. The SMILES string of the molecule is Cc1ccc(C2=C(C(=O)[C@@H](C)Cc3cc(C(F)(F)F)cc(C(F)(F)F)c3)N(C)C(=O)C3N=CC=CC23)cc1. The average Bonchev–Trinajstić information content (AvgIpc) is 2.85. The van der Waals surface area contributed by atoms with Gasteiger partial charge in [0.25, 0.3) is 5.91 Å². The maximum absolute atomic E-state index is 13.8. The zero-order chi connectivity index (χ0) is 28.0. The first-order valence-corrected chi connectivity index (χ1v) is 11.8. The molecule has 0 aromatic heterocycles. The topological polar surface area (TPSA) is 49.7 Å². The van der Waals surface area contributed by atoms with Gasteiger partial charge in [-0.2, -0.15) is 26.3 Å². The minimum atomic E-state index is -5.00. The zero-order valence-corrected chi connectivity index (χ0v) is 20.7. The number of fused-ring (bicyclic) bond motifs is 1. The smallest absolute Gasteiger partial charge is 0.310 e. The van der Waals surface area contributed by atoms with Gasteiger partial charge in [-0.15, -0.1) is 0 Å². The van der Waals surface area contributed by atoms with E-state index in [1.807, 2.05) is 19.1 Å². The maximum Gasteiger partial charge on any atom is 0.416 e. The predicted molar refractivity (Wildman–Crippen MR) is 130 cm³/mol. The van der Waals surface area contributed by atoms with E-state index >= 15 is 0 Å². The lowest BCUT2D eigenvalue weighted by molar-refractivity contribution is -0.143. The van der Waals surface area contributed by atoms with Crippen LogP contribution in [-0.2, 0) is 28.4 Å². The summed E-state index contributed by atoms with van der Waals surface area (Å²) >= 11 is 0. The third kappa shape index (κ3) is 5.30. The molecule has 2 aromatic rings. The lowest BCUT2D eigenvalue weighted by atomic mass is 9.78. The molecule has 0 bridgehead atoms. The number of aliphatic imine (C=N–C) groups is 1. The van der Waals surface area contributed by atoms with Crippen LogP contribution in [0.5, 0.6) is 0 Å². The highest BCUT2D eigenvalue weighted by Gasteiger charge is 2.43. The van der Waals surface area contributed by atoms with Gasteiger partial charge in [-0.05, 0) is 54.3 Å². The van der Waals surface area contributed by atoms with E-state index in [2.05, 4.69) is 4.99 Å². The molecule has 38 heavy (non-hydrogen) atoms. The number of ketones is 1. The van der Waals surface area contributed by atoms with Crippen molar-refractivity contribution >= 4 is 23.5 Å². The summed E-state index contributed by atoms with van der Waals surface area (Å²) in [5.74, 6) is -2.58. The standard InChI is InChI=1S/C28H24F6N2O2/c1-15-6-8-18(9-7-15)22-21-5-4-10-35-23(21)26(38)36(3)24(22)25(37)16(2)11-17-12-19(27(29,30)31)14-20(13-17)28(32,33)34/h4-10,12-14,16,21,23H,11H2,1-3H3/t16-,21?,23?/m0/s1. The number of alkyl halides is 6. The van der Waals surface area contributed by atoms with E-state index in [0.29, 0.717) is 23.3 Å². The second kappa shape index (κ2) is 9.89. The van der Waals surface area contributed by atoms with Gasteiger partial charge in [-0.25, -0.2) is 0 Å². The van der Waals surface area contributed by atoms with E-state index in [0.717, 1.165) is 5.56 Å². The summed E-state index contributed by atoms with van der Waals surface area (Å²) in [4.78, 5) is 32.4. The number of aryl methyl sites for hydroxylation is 1. The number of likely N-dealkylation sites (N-methyl/N-ethyl adjacent to an activating group) is 1. The number of carbonyl (C=O) groups is 2. The molecular formula is C28H24F6N2O2. The van der Waals surface area contributed by atoms with Gasteiger partial charge in [-0.3, -0.25) is 14.6 Å². The van der Waals surface area contributed by atoms with Crippen LogP contribution in [0.4, 0.5) is 26.3 Å². The number of dihydropyridines is 1. The minimum Gasteiger partial charge on any atom is -0.310 e. The summed E-state index contributed by atoms with van der Waals surface area (Å²) in [6, 6.07) is 7.81. The van der Waals surface area contributed by atoms with Crippen LogP contribution < -0.4 is 0 Å². The van der Waals surface area contributed by atoms with E-state index in [9.17, 15) is 35.9 Å². The number of rotatable bonds is 5. The molecule has 2 heterocycles. The van der Waals surface area contributed by atoms with Gasteiger partial charge in [-0.1, -0.05) is 42.8 Å². The second-order valence-corrected chi connectivity index (χ2v) is 9.56. The number of hydrogen-bond acceptors (Lipinski definition) is 3. The van der Waals surface area contributed by atoms with Crippen molar-refractivity contribution in [3.8, 4) is 0 Å². The summed E-state index contributed by atoms with van der Waals surface area (Å²) in [5.41, 5.74) is -0.955. The summed E-state index contributed by atoms with van der Waals surface area (Å²) < 4.78 is 80.0. The van der Waals surface area contributed by atoms with Crippen LogP contribution in [0.2, 0.25) is 0 Å². The van der Waals surface area contributed by atoms with Crippen LogP contribution in [0.25, 0.3) is 5.57 Å². The highest BCUT2D eigenvalue weighted by atomic mass is 19.4. The highest BCUT2D eigenvalue weighted by Crippen LogP contribution is 2.41. The molecular weight excluding hydrogens is 510 g/mol. The summed E-state index contributed by atoms with van der Waals surface area (Å²) in [6.45, 7) is 3.32. The Labute approximate surface area is 215 Å². The Morgan fingerprint density at radius 2 is 1.58 bits per heavy atom. The van der Waals surface area contributed by atoms with Gasteiger partial charge in [0, 0.05) is 25.1 Å². The number of carbonyl (C=O) groups excluding carboxylic acids is 2. The average molecular weight is 535 g/mol. The quantitative estimate of drug-likeness (QED) is 0.424. The molecule has 2 aliphatic heterocycles. The number of allylic oxidation sites excluding steroid dienone is 2. The van der Waals surface area contributed by atoms with E-state index in [1.54, 1.807) is 24.3 Å². The Hall–Kier alpha value is -3.69. The van der Waals surface area contributed by atoms with Gasteiger partial charge >= 0.3 is 12.4 Å². The second-order valence-electron chi connectivity index (χ2n) is 9.56. The van der Waals surface area contributed by atoms with Gasteiger partial charge in [0.1, 0.15) is 6.04 Å². The molecule has 4 rings (SSSR count). The summed E-state index contributed by atoms with van der Waals surface area (Å²) in [6.07, 6.45) is -5.45. The van der Waals surface area contributed by atoms with Crippen LogP contribution in [0.3, 0.4) is 0 Å². The maximum atomic E-state index is 13.8. The van der Waals surface area contributed by atoms with Crippen molar-refractivity contribution in [2.24, 2.45) is 16.8 Å². The van der Waals surface area contributed by atoms with E-state index in [-0.39, 0.29) is 23.7 Å². The molecule has 4 nitrogen and oxygen atoms in total. The highest BCUT2D eigenvalue weighted by molar-refractivity contribution is 6.10. The number of Topliss-reactive ketones (excluding diaryl/α,β-unsaturated/α-hetero) is 1. The molecule has 0 spiro atoms. The predicted octanol–water partition coefficient (Wildman–Crippen LogP) is 6.29. The van der Waals surface area contributed by atoms with Crippen molar-refractivity contribution in [3.05, 3.63) is 88.1 Å².